The molecule has 0 aliphatic rings. The molecular weight excluding hydrogens is 314 g/mol. The Hall–Kier alpha value is -2.28. The number of hydrogen-bond acceptors (Lipinski definition) is 5. The van der Waals surface area contributed by atoms with Gasteiger partial charge in [-0.05, 0) is 25.5 Å². The van der Waals surface area contributed by atoms with E-state index in [1.807, 2.05) is 19.1 Å². The maximum absolute atomic E-state index is 12.3. The van der Waals surface area contributed by atoms with E-state index in [-0.39, 0.29) is 11.5 Å². The highest BCUT2D eigenvalue weighted by Gasteiger charge is 2.17. The average molecular weight is 333 g/mol. The van der Waals surface area contributed by atoms with Gasteiger partial charge in [0.2, 0.25) is 5.91 Å². The zero-order valence-electron chi connectivity index (χ0n) is 13.3. The molecule has 7 heteroatoms. The minimum absolute atomic E-state index is 0.191. The minimum Gasteiger partial charge on any atom is -0.495 e. The topological polar surface area (TPSA) is 84.1 Å². The van der Waals surface area contributed by atoms with Crippen molar-refractivity contribution in [1.82, 2.24) is 9.97 Å². The average Bonchev–Trinajstić information content (AvgIpc) is 2.54. The summed E-state index contributed by atoms with van der Waals surface area (Å²) in [5.74, 6) is 0.404. The number of benzene rings is 1. The van der Waals surface area contributed by atoms with Gasteiger partial charge in [0.15, 0.2) is 5.16 Å². The molecule has 0 fully saturated rings. The van der Waals surface area contributed by atoms with Gasteiger partial charge >= 0.3 is 0 Å². The van der Waals surface area contributed by atoms with Gasteiger partial charge in [-0.25, -0.2) is 4.98 Å². The zero-order valence-corrected chi connectivity index (χ0v) is 14.1. The van der Waals surface area contributed by atoms with Crippen molar-refractivity contribution < 1.29 is 9.53 Å². The Kier molecular flexibility index (Phi) is 5.81. The Morgan fingerprint density at radius 1 is 1.43 bits per heavy atom. The van der Waals surface area contributed by atoms with Crippen molar-refractivity contribution in [3.05, 3.63) is 46.4 Å². The number of rotatable bonds is 6. The predicted molar refractivity (Wildman–Crippen MR) is 91.2 cm³/mol. The highest BCUT2D eigenvalue weighted by atomic mass is 32.2. The standard InChI is InChI=1S/C16H19N3O3S/c1-4-11-9-14(20)19-16(17-11)23-10(2)15(21)18-12-7-5-6-8-13(12)22-3/h5-10H,4H2,1-3H3,(H,18,21)(H,17,19,20). The molecule has 1 aromatic carbocycles. The van der Waals surface area contributed by atoms with Crippen molar-refractivity contribution in [3.63, 3.8) is 0 Å². The number of hydrogen-bond donors (Lipinski definition) is 2. The summed E-state index contributed by atoms with van der Waals surface area (Å²) < 4.78 is 5.21. The third kappa shape index (κ3) is 4.59. The van der Waals surface area contributed by atoms with Crippen molar-refractivity contribution in [2.24, 2.45) is 0 Å². The maximum atomic E-state index is 12.3. The summed E-state index contributed by atoms with van der Waals surface area (Å²) in [4.78, 5) is 30.9. The van der Waals surface area contributed by atoms with Gasteiger partial charge in [-0.1, -0.05) is 30.8 Å². The number of thioether (sulfide) groups is 1. The monoisotopic (exact) mass is 333 g/mol. The lowest BCUT2D eigenvalue weighted by molar-refractivity contribution is -0.115. The number of aromatic amines is 1. The van der Waals surface area contributed by atoms with Crippen molar-refractivity contribution in [3.8, 4) is 5.75 Å². The molecule has 2 aromatic rings. The molecule has 6 nitrogen and oxygen atoms in total. The van der Waals surface area contributed by atoms with Crippen LogP contribution in [0.2, 0.25) is 0 Å². The van der Waals surface area contributed by atoms with E-state index in [1.54, 1.807) is 26.2 Å². The number of amides is 1. The van der Waals surface area contributed by atoms with Crippen LogP contribution < -0.4 is 15.6 Å². The number of para-hydroxylation sites is 2. The second-order valence-corrected chi connectivity index (χ2v) is 6.17. The number of ether oxygens (including phenoxy) is 1. The highest BCUT2D eigenvalue weighted by molar-refractivity contribution is 8.00. The van der Waals surface area contributed by atoms with Crippen LogP contribution in [0, 0.1) is 0 Å². The zero-order chi connectivity index (χ0) is 16.8. The largest absolute Gasteiger partial charge is 0.495 e. The maximum Gasteiger partial charge on any atom is 0.251 e. The first-order chi connectivity index (χ1) is 11.0. The van der Waals surface area contributed by atoms with Gasteiger partial charge in [0, 0.05) is 11.8 Å². The lowest BCUT2D eigenvalue weighted by Crippen LogP contribution is -2.23. The van der Waals surface area contributed by atoms with E-state index in [9.17, 15) is 9.59 Å². The Balaban J connectivity index is 2.08. The molecule has 1 aromatic heterocycles. The van der Waals surface area contributed by atoms with E-state index in [1.165, 1.54) is 17.8 Å². The number of H-pyrrole nitrogens is 1. The van der Waals surface area contributed by atoms with E-state index in [0.29, 0.717) is 28.7 Å². The van der Waals surface area contributed by atoms with Crippen LogP contribution in [0.25, 0.3) is 0 Å². The molecule has 2 rings (SSSR count). The SMILES string of the molecule is CCc1cc(=O)[nH]c(SC(C)C(=O)Nc2ccccc2OC)n1. The molecule has 0 radical (unpaired) electrons. The fourth-order valence-electron chi connectivity index (χ4n) is 1.92. The minimum atomic E-state index is -0.421. The second-order valence-electron chi connectivity index (χ2n) is 4.85. The van der Waals surface area contributed by atoms with Gasteiger partial charge in [0.05, 0.1) is 18.0 Å². The van der Waals surface area contributed by atoms with Gasteiger partial charge in [0.1, 0.15) is 5.75 Å². The molecular formula is C16H19N3O3S. The number of aryl methyl sites for hydroxylation is 1. The van der Waals surface area contributed by atoms with Crippen LogP contribution in [-0.2, 0) is 11.2 Å². The molecule has 2 N–H and O–H groups in total. The van der Waals surface area contributed by atoms with E-state index in [4.69, 9.17) is 4.74 Å². The van der Waals surface area contributed by atoms with Crippen LogP contribution in [0.15, 0.2) is 40.3 Å². The number of carbonyl (C=O) groups is 1. The molecule has 0 saturated carbocycles. The molecule has 23 heavy (non-hydrogen) atoms. The van der Waals surface area contributed by atoms with Crippen LogP contribution >= 0.6 is 11.8 Å². The lowest BCUT2D eigenvalue weighted by atomic mass is 10.3. The number of aromatic nitrogens is 2. The van der Waals surface area contributed by atoms with Crippen molar-refractivity contribution >= 4 is 23.4 Å². The number of carbonyl (C=O) groups excluding carboxylic acids is 1. The Labute approximate surface area is 138 Å². The summed E-state index contributed by atoms with van der Waals surface area (Å²) >= 11 is 1.21. The molecule has 1 amide bonds. The van der Waals surface area contributed by atoms with Crippen LogP contribution in [0.4, 0.5) is 5.69 Å². The third-order valence-corrected chi connectivity index (χ3v) is 4.14. The third-order valence-electron chi connectivity index (χ3n) is 3.16. The van der Waals surface area contributed by atoms with Crippen LogP contribution in [0.3, 0.4) is 0 Å². The van der Waals surface area contributed by atoms with Crippen molar-refractivity contribution in [2.45, 2.75) is 30.7 Å². The van der Waals surface area contributed by atoms with Gasteiger partial charge in [-0.2, -0.15) is 0 Å². The molecule has 1 atom stereocenters. The van der Waals surface area contributed by atoms with Crippen LogP contribution in [0.1, 0.15) is 19.5 Å². The van der Waals surface area contributed by atoms with Crippen LogP contribution in [-0.4, -0.2) is 28.2 Å². The summed E-state index contributed by atoms with van der Waals surface area (Å²) in [5, 5.41) is 2.84. The summed E-state index contributed by atoms with van der Waals surface area (Å²) in [6.07, 6.45) is 0.666. The van der Waals surface area contributed by atoms with E-state index in [2.05, 4.69) is 15.3 Å². The van der Waals surface area contributed by atoms with Crippen molar-refractivity contribution in [1.29, 1.82) is 0 Å². The Morgan fingerprint density at radius 2 is 2.17 bits per heavy atom. The molecule has 0 aliphatic carbocycles. The molecule has 0 bridgehead atoms. The fourth-order valence-corrected chi connectivity index (χ4v) is 2.75. The fraction of sp³-hybridized carbons (Fsp3) is 0.312. The van der Waals surface area contributed by atoms with E-state index in [0.717, 1.165) is 0 Å². The van der Waals surface area contributed by atoms with E-state index < -0.39 is 5.25 Å². The first-order valence-electron chi connectivity index (χ1n) is 7.24. The summed E-state index contributed by atoms with van der Waals surface area (Å²) in [5.41, 5.74) is 1.10. The molecule has 122 valence electrons. The number of anilines is 1. The van der Waals surface area contributed by atoms with Crippen molar-refractivity contribution in [2.75, 3.05) is 12.4 Å². The summed E-state index contributed by atoms with van der Waals surface area (Å²) in [6, 6.07) is 8.66. The number of nitrogens with zero attached hydrogens (tertiary/aromatic N) is 1. The molecule has 1 unspecified atom stereocenters. The van der Waals surface area contributed by atoms with Gasteiger partial charge < -0.3 is 15.0 Å². The molecule has 0 spiro atoms. The Bertz CT molecular complexity index is 745. The number of methoxy groups -OCH3 is 1. The number of nitrogens with one attached hydrogen (secondary N) is 2. The van der Waals surface area contributed by atoms with Gasteiger partial charge in [0.25, 0.3) is 5.56 Å². The first kappa shape index (κ1) is 17.1. The quantitative estimate of drug-likeness (QED) is 0.627. The molecule has 0 saturated heterocycles. The second kappa shape index (κ2) is 7.82. The smallest absolute Gasteiger partial charge is 0.251 e. The Morgan fingerprint density at radius 3 is 2.87 bits per heavy atom. The first-order valence-corrected chi connectivity index (χ1v) is 8.12. The van der Waals surface area contributed by atoms with Gasteiger partial charge in [-0.15, -0.1) is 0 Å². The van der Waals surface area contributed by atoms with Gasteiger partial charge in [-0.3, -0.25) is 9.59 Å². The summed E-state index contributed by atoms with van der Waals surface area (Å²) in [6.45, 7) is 3.68. The van der Waals surface area contributed by atoms with Crippen LogP contribution in [0.5, 0.6) is 5.75 Å². The highest BCUT2D eigenvalue weighted by Crippen LogP contribution is 2.25. The summed E-state index contributed by atoms with van der Waals surface area (Å²) in [7, 11) is 1.55. The normalized spacial score (nSPS) is 11.8. The molecule has 1 heterocycles. The predicted octanol–water partition coefficient (Wildman–Crippen LogP) is 2.46. The molecule has 0 aliphatic heterocycles. The van der Waals surface area contributed by atoms with E-state index >= 15 is 0 Å². The lowest BCUT2D eigenvalue weighted by Gasteiger charge is -2.13.